The van der Waals surface area contributed by atoms with Gasteiger partial charge in [0, 0.05) is 18.6 Å². The minimum absolute atomic E-state index is 0.0884. The van der Waals surface area contributed by atoms with Crippen LogP contribution in [0.4, 0.5) is 0 Å². The van der Waals surface area contributed by atoms with Crippen LogP contribution in [0.15, 0.2) is 18.2 Å². The van der Waals surface area contributed by atoms with Crippen molar-refractivity contribution in [1.82, 2.24) is 0 Å². The minimum Gasteiger partial charge on any atom is -0.493 e. The number of aryl methyl sites for hydroxylation is 1. The van der Waals surface area contributed by atoms with Crippen molar-refractivity contribution in [2.45, 2.75) is 46.0 Å². The van der Waals surface area contributed by atoms with Crippen LogP contribution in [-0.2, 0) is 10.2 Å². The van der Waals surface area contributed by atoms with Crippen LogP contribution in [0.3, 0.4) is 0 Å². The van der Waals surface area contributed by atoms with Crippen LogP contribution in [0, 0.1) is 12.3 Å². The smallest absolute Gasteiger partial charge is 0.123 e. The van der Waals surface area contributed by atoms with E-state index in [1.807, 2.05) is 0 Å². The van der Waals surface area contributed by atoms with Gasteiger partial charge in [0.05, 0.1) is 6.61 Å². The highest BCUT2D eigenvalue weighted by Gasteiger charge is 2.32. The molecule has 0 spiro atoms. The summed E-state index contributed by atoms with van der Waals surface area (Å²) in [5.41, 5.74) is 2.80. The molecule has 1 aliphatic rings. The Bertz CT molecular complexity index is 471. The molecule has 0 radical (unpaired) electrons. The van der Waals surface area contributed by atoms with Crippen LogP contribution in [0.2, 0.25) is 0 Å². The van der Waals surface area contributed by atoms with Crippen LogP contribution < -0.4 is 4.74 Å². The summed E-state index contributed by atoms with van der Waals surface area (Å²) in [7, 11) is 0. The van der Waals surface area contributed by atoms with Crippen LogP contribution >= 0.6 is 12.6 Å². The minimum atomic E-state index is 0.0884. The van der Waals surface area contributed by atoms with E-state index in [1.54, 1.807) is 0 Å². The topological polar surface area (TPSA) is 18.5 Å². The molecule has 2 nitrogen and oxygen atoms in total. The Morgan fingerprint density at radius 2 is 1.90 bits per heavy atom. The predicted octanol–water partition coefficient (Wildman–Crippen LogP) is 4.40. The van der Waals surface area contributed by atoms with Crippen molar-refractivity contribution in [3.8, 4) is 5.75 Å². The zero-order chi connectivity index (χ0) is 15.5. The van der Waals surface area contributed by atoms with Gasteiger partial charge in [-0.05, 0) is 42.6 Å². The highest BCUT2D eigenvalue weighted by Crippen LogP contribution is 2.36. The van der Waals surface area contributed by atoms with E-state index in [9.17, 15) is 0 Å². The molecular formula is C18H28O2S. The van der Waals surface area contributed by atoms with E-state index in [0.29, 0.717) is 0 Å². The molecule has 118 valence electrons. The number of hydrogen-bond donors (Lipinski definition) is 1. The van der Waals surface area contributed by atoms with Crippen LogP contribution in [-0.4, -0.2) is 25.6 Å². The van der Waals surface area contributed by atoms with Crippen molar-refractivity contribution in [2.75, 3.05) is 25.6 Å². The maximum atomic E-state index is 6.25. The molecule has 2 rings (SSSR count). The largest absolute Gasteiger partial charge is 0.493 e. The molecule has 0 bridgehead atoms. The summed E-state index contributed by atoms with van der Waals surface area (Å²) in [6, 6.07) is 6.48. The average molecular weight is 308 g/mol. The molecule has 1 saturated heterocycles. The van der Waals surface area contributed by atoms with Crippen molar-refractivity contribution in [2.24, 2.45) is 5.41 Å². The fraction of sp³-hybridized carbons (Fsp3) is 0.667. The summed E-state index contributed by atoms with van der Waals surface area (Å²) in [4.78, 5) is 0. The lowest BCUT2D eigenvalue weighted by atomic mass is 9.82. The van der Waals surface area contributed by atoms with Gasteiger partial charge in [0.25, 0.3) is 0 Å². The summed E-state index contributed by atoms with van der Waals surface area (Å²) in [6.45, 7) is 11.2. The van der Waals surface area contributed by atoms with Gasteiger partial charge in [-0.25, -0.2) is 0 Å². The molecule has 1 aliphatic heterocycles. The van der Waals surface area contributed by atoms with Crippen molar-refractivity contribution in [3.05, 3.63) is 29.3 Å². The molecule has 1 fully saturated rings. The molecule has 1 aromatic carbocycles. The Balaban J connectivity index is 2.16. The summed E-state index contributed by atoms with van der Waals surface area (Å²) in [5.74, 6) is 1.87. The molecule has 0 aliphatic carbocycles. The lowest BCUT2D eigenvalue weighted by Crippen LogP contribution is -2.37. The number of rotatable bonds is 4. The van der Waals surface area contributed by atoms with E-state index in [0.717, 1.165) is 44.2 Å². The van der Waals surface area contributed by atoms with Gasteiger partial charge < -0.3 is 9.47 Å². The molecule has 0 unspecified atom stereocenters. The number of thiol groups is 1. The maximum absolute atomic E-state index is 6.25. The Morgan fingerprint density at radius 3 is 2.48 bits per heavy atom. The Morgan fingerprint density at radius 1 is 1.24 bits per heavy atom. The molecule has 21 heavy (non-hydrogen) atoms. The molecule has 1 aromatic rings. The first-order valence-electron chi connectivity index (χ1n) is 7.79. The van der Waals surface area contributed by atoms with E-state index in [-0.39, 0.29) is 10.8 Å². The fourth-order valence-electron chi connectivity index (χ4n) is 2.74. The van der Waals surface area contributed by atoms with Gasteiger partial charge in [-0.2, -0.15) is 12.6 Å². The van der Waals surface area contributed by atoms with Gasteiger partial charge in [-0.3, -0.25) is 0 Å². The number of hydrogen-bond acceptors (Lipinski definition) is 3. The van der Waals surface area contributed by atoms with Gasteiger partial charge in [0.2, 0.25) is 0 Å². The third-order valence-electron chi connectivity index (χ3n) is 4.37. The SMILES string of the molecule is Cc1ccc(OCC2(CS)CCOCC2)c(C(C)(C)C)c1. The first-order chi connectivity index (χ1) is 9.86. The average Bonchev–Trinajstić information content (AvgIpc) is 2.46. The van der Waals surface area contributed by atoms with Crippen molar-refractivity contribution >= 4 is 12.6 Å². The molecule has 0 aromatic heterocycles. The van der Waals surface area contributed by atoms with Crippen LogP contribution in [0.5, 0.6) is 5.75 Å². The van der Waals surface area contributed by atoms with Crippen molar-refractivity contribution in [1.29, 1.82) is 0 Å². The molecule has 0 amide bonds. The van der Waals surface area contributed by atoms with E-state index in [1.165, 1.54) is 11.1 Å². The standard InChI is InChI=1S/C18H28O2S/c1-14-5-6-16(15(11-14)17(2,3)4)20-12-18(13-21)7-9-19-10-8-18/h5-6,11,21H,7-10,12-13H2,1-4H3. The highest BCUT2D eigenvalue weighted by atomic mass is 32.1. The highest BCUT2D eigenvalue weighted by molar-refractivity contribution is 7.80. The fourth-order valence-corrected chi connectivity index (χ4v) is 3.15. The van der Waals surface area contributed by atoms with Gasteiger partial charge in [0.1, 0.15) is 5.75 Å². The lowest BCUT2D eigenvalue weighted by molar-refractivity contribution is 0.00280. The van der Waals surface area contributed by atoms with Gasteiger partial charge in [-0.1, -0.05) is 38.5 Å². The molecule has 3 heteroatoms. The normalized spacial score (nSPS) is 18.5. The Kier molecular flexibility index (Phi) is 5.26. The summed E-state index contributed by atoms with van der Waals surface area (Å²) in [5, 5.41) is 0. The second-order valence-electron chi connectivity index (χ2n) is 7.31. The van der Waals surface area contributed by atoms with Crippen molar-refractivity contribution < 1.29 is 9.47 Å². The summed E-state index contributed by atoms with van der Waals surface area (Å²) in [6.07, 6.45) is 2.07. The van der Waals surface area contributed by atoms with E-state index in [4.69, 9.17) is 9.47 Å². The number of benzene rings is 1. The third kappa shape index (κ3) is 4.17. The summed E-state index contributed by atoms with van der Waals surface area (Å²) >= 11 is 4.56. The predicted molar refractivity (Wildman–Crippen MR) is 91.7 cm³/mol. The van der Waals surface area contributed by atoms with Crippen molar-refractivity contribution in [3.63, 3.8) is 0 Å². The van der Waals surface area contributed by atoms with E-state index >= 15 is 0 Å². The zero-order valence-electron chi connectivity index (χ0n) is 13.7. The molecule has 0 atom stereocenters. The summed E-state index contributed by atoms with van der Waals surface area (Å²) < 4.78 is 11.7. The van der Waals surface area contributed by atoms with Crippen LogP contribution in [0.25, 0.3) is 0 Å². The van der Waals surface area contributed by atoms with E-state index in [2.05, 4.69) is 58.5 Å². The molecule has 0 saturated carbocycles. The third-order valence-corrected chi connectivity index (χ3v) is 5.04. The first kappa shape index (κ1) is 16.7. The van der Waals surface area contributed by atoms with E-state index < -0.39 is 0 Å². The molecule has 1 heterocycles. The molecule has 0 N–H and O–H groups in total. The monoisotopic (exact) mass is 308 g/mol. The van der Waals surface area contributed by atoms with Crippen LogP contribution in [0.1, 0.15) is 44.7 Å². The van der Waals surface area contributed by atoms with Gasteiger partial charge >= 0.3 is 0 Å². The second kappa shape index (κ2) is 6.62. The van der Waals surface area contributed by atoms with Gasteiger partial charge in [-0.15, -0.1) is 0 Å². The van der Waals surface area contributed by atoms with Gasteiger partial charge in [0.15, 0.2) is 0 Å². The zero-order valence-corrected chi connectivity index (χ0v) is 14.6. The lowest BCUT2D eigenvalue weighted by Gasteiger charge is -2.36. The quantitative estimate of drug-likeness (QED) is 0.831. The number of ether oxygens (including phenoxy) is 2. The molecular weight excluding hydrogens is 280 g/mol. The Hall–Kier alpha value is -0.670. The Labute approximate surface area is 134 Å². The second-order valence-corrected chi connectivity index (χ2v) is 7.63. The maximum Gasteiger partial charge on any atom is 0.123 e. The first-order valence-corrected chi connectivity index (χ1v) is 8.42.